The summed E-state index contributed by atoms with van der Waals surface area (Å²) in [5.74, 6) is -1.35. The number of H-pyrrole nitrogens is 1. The van der Waals surface area contributed by atoms with Crippen LogP contribution in [0.25, 0.3) is 0 Å². The van der Waals surface area contributed by atoms with Crippen LogP contribution in [0.4, 0.5) is 10.1 Å². The van der Waals surface area contributed by atoms with Gasteiger partial charge in [-0.05, 0) is 49.1 Å². The summed E-state index contributed by atoms with van der Waals surface area (Å²) in [6, 6.07) is 12.2. The van der Waals surface area contributed by atoms with Crippen molar-refractivity contribution in [3.63, 3.8) is 0 Å². The van der Waals surface area contributed by atoms with Crippen molar-refractivity contribution in [1.82, 2.24) is 15.5 Å². The molecule has 0 saturated carbocycles. The Kier molecular flexibility index (Phi) is 5.24. The number of fused-ring (bicyclic) bond motifs is 1. The van der Waals surface area contributed by atoms with Gasteiger partial charge in [0.2, 0.25) is 0 Å². The molecule has 2 amide bonds. The number of aryl methyl sites for hydroxylation is 1. The number of anilines is 1. The first kappa shape index (κ1) is 18.7. The standard InChI is InChI=1S/C21H19FN4O3/c22-14-4-3-5-16(11-14)29-19-7-2-1-6-18(19)25-21(28)20(27)24-15-8-9-17-13(10-15)12-23-26-17/h1-7,11-12,15H,8-10H2,(H,23,26)(H,24,27)(H,25,28)/t15-/m0/s1. The SMILES string of the molecule is O=C(Nc1ccccc1Oc1cccc(F)c1)C(=O)N[C@H]1CCc2[nH]ncc2C1. The highest BCUT2D eigenvalue weighted by Crippen LogP contribution is 2.29. The molecular formula is C21H19FN4O3. The molecule has 0 fully saturated rings. The lowest BCUT2D eigenvalue weighted by atomic mass is 9.93. The average Bonchev–Trinajstić information content (AvgIpc) is 3.17. The highest BCUT2D eigenvalue weighted by atomic mass is 19.1. The smallest absolute Gasteiger partial charge is 0.313 e. The highest BCUT2D eigenvalue weighted by Gasteiger charge is 2.24. The second kappa shape index (κ2) is 8.14. The number of nitrogens with zero attached hydrogens (tertiary/aromatic N) is 1. The minimum atomic E-state index is -0.793. The predicted molar refractivity (Wildman–Crippen MR) is 104 cm³/mol. The number of carbonyl (C=O) groups is 2. The Morgan fingerprint density at radius 3 is 2.86 bits per heavy atom. The van der Waals surface area contributed by atoms with Crippen LogP contribution in [0.3, 0.4) is 0 Å². The zero-order valence-electron chi connectivity index (χ0n) is 15.4. The van der Waals surface area contributed by atoms with E-state index in [4.69, 9.17) is 4.74 Å². The Hall–Kier alpha value is -3.68. The Morgan fingerprint density at radius 1 is 1.14 bits per heavy atom. The van der Waals surface area contributed by atoms with Crippen molar-refractivity contribution in [2.75, 3.05) is 5.32 Å². The molecule has 0 unspecified atom stereocenters. The lowest BCUT2D eigenvalue weighted by Gasteiger charge is -2.22. The van der Waals surface area contributed by atoms with Crippen molar-refractivity contribution in [1.29, 1.82) is 0 Å². The molecule has 7 nitrogen and oxygen atoms in total. The van der Waals surface area contributed by atoms with Gasteiger partial charge in [0, 0.05) is 17.8 Å². The molecule has 0 aliphatic heterocycles. The number of nitrogens with one attached hydrogen (secondary N) is 3. The molecule has 3 aromatic rings. The van der Waals surface area contributed by atoms with Crippen LogP contribution < -0.4 is 15.4 Å². The predicted octanol–water partition coefficient (Wildman–Crippen LogP) is 2.95. The number of amides is 2. The third kappa shape index (κ3) is 4.43. The number of ether oxygens (including phenoxy) is 1. The van der Waals surface area contributed by atoms with Crippen LogP contribution in [0.5, 0.6) is 11.5 Å². The van der Waals surface area contributed by atoms with Crippen LogP contribution >= 0.6 is 0 Å². The minimum Gasteiger partial charge on any atom is -0.455 e. The van der Waals surface area contributed by atoms with Gasteiger partial charge in [-0.25, -0.2) is 4.39 Å². The summed E-state index contributed by atoms with van der Waals surface area (Å²) in [5.41, 5.74) is 2.44. The maximum Gasteiger partial charge on any atom is 0.313 e. The summed E-state index contributed by atoms with van der Waals surface area (Å²) in [6.45, 7) is 0. The van der Waals surface area contributed by atoms with Gasteiger partial charge in [0.15, 0.2) is 5.75 Å². The fraction of sp³-hybridized carbons (Fsp3) is 0.190. The number of carbonyl (C=O) groups excluding carboxylic acids is 2. The van der Waals surface area contributed by atoms with E-state index in [-0.39, 0.29) is 11.8 Å². The fourth-order valence-corrected chi connectivity index (χ4v) is 3.29. The number of benzene rings is 2. The maximum absolute atomic E-state index is 13.4. The first-order chi connectivity index (χ1) is 14.1. The highest BCUT2D eigenvalue weighted by molar-refractivity contribution is 6.39. The first-order valence-electron chi connectivity index (χ1n) is 9.24. The van der Waals surface area contributed by atoms with Gasteiger partial charge in [0.05, 0.1) is 11.9 Å². The van der Waals surface area contributed by atoms with Crippen molar-refractivity contribution in [3.8, 4) is 11.5 Å². The topological polar surface area (TPSA) is 96.1 Å². The molecular weight excluding hydrogens is 375 g/mol. The largest absolute Gasteiger partial charge is 0.455 e. The number of hydrogen-bond acceptors (Lipinski definition) is 4. The molecule has 29 heavy (non-hydrogen) atoms. The molecule has 0 saturated heterocycles. The van der Waals surface area contributed by atoms with Gasteiger partial charge < -0.3 is 15.4 Å². The summed E-state index contributed by atoms with van der Waals surface area (Å²) in [6.07, 6.45) is 3.87. The van der Waals surface area contributed by atoms with E-state index < -0.39 is 17.6 Å². The quantitative estimate of drug-likeness (QED) is 0.593. The number of para-hydroxylation sites is 2. The van der Waals surface area contributed by atoms with Crippen molar-refractivity contribution >= 4 is 17.5 Å². The average molecular weight is 394 g/mol. The van der Waals surface area contributed by atoms with E-state index in [1.165, 1.54) is 18.2 Å². The van der Waals surface area contributed by atoms with Crippen LogP contribution in [0.2, 0.25) is 0 Å². The van der Waals surface area contributed by atoms with Crippen LogP contribution in [0.1, 0.15) is 17.7 Å². The normalized spacial score (nSPS) is 15.3. The fourth-order valence-electron chi connectivity index (χ4n) is 3.29. The monoisotopic (exact) mass is 394 g/mol. The van der Waals surface area contributed by atoms with Gasteiger partial charge in [-0.1, -0.05) is 18.2 Å². The third-order valence-corrected chi connectivity index (χ3v) is 4.72. The molecule has 2 aromatic carbocycles. The molecule has 0 spiro atoms. The van der Waals surface area contributed by atoms with Gasteiger partial charge >= 0.3 is 11.8 Å². The zero-order chi connectivity index (χ0) is 20.2. The molecule has 1 heterocycles. The minimum absolute atomic E-state index is 0.128. The van der Waals surface area contributed by atoms with Gasteiger partial charge in [-0.2, -0.15) is 5.10 Å². The lowest BCUT2D eigenvalue weighted by molar-refractivity contribution is -0.136. The number of halogens is 1. The van der Waals surface area contributed by atoms with Crippen molar-refractivity contribution in [2.24, 2.45) is 0 Å². The summed E-state index contributed by atoms with van der Waals surface area (Å²) in [7, 11) is 0. The molecule has 0 radical (unpaired) electrons. The summed E-state index contributed by atoms with van der Waals surface area (Å²) in [5, 5.41) is 12.3. The van der Waals surface area contributed by atoms with Crippen LogP contribution in [-0.2, 0) is 22.4 Å². The van der Waals surface area contributed by atoms with Crippen LogP contribution in [0, 0.1) is 5.82 Å². The van der Waals surface area contributed by atoms with Crippen molar-refractivity contribution in [2.45, 2.75) is 25.3 Å². The summed E-state index contributed by atoms with van der Waals surface area (Å²) in [4.78, 5) is 24.7. The Labute approximate surface area is 166 Å². The van der Waals surface area contributed by atoms with E-state index in [2.05, 4.69) is 20.8 Å². The Balaban J connectivity index is 1.40. The number of aromatic nitrogens is 2. The number of aromatic amines is 1. The van der Waals surface area contributed by atoms with E-state index in [1.807, 2.05) is 0 Å². The summed E-state index contributed by atoms with van der Waals surface area (Å²) >= 11 is 0. The Morgan fingerprint density at radius 2 is 2.00 bits per heavy atom. The van der Waals surface area contributed by atoms with Crippen molar-refractivity contribution < 1.29 is 18.7 Å². The van der Waals surface area contributed by atoms with E-state index in [9.17, 15) is 14.0 Å². The van der Waals surface area contributed by atoms with Gasteiger partial charge in [-0.15, -0.1) is 0 Å². The molecule has 1 aromatic heterocycles. The molecule has 8 heteroatoms. The number of rotatable bonds is 4. The first-order valence-corrected chi connectivity index (χ1v) is 9.24. The van der Waals surface area contributed by atoms with Gasteiger partial charge in [0.25, 0.3) is 0 Å². The Bertz CT molecular complexity index is 1050. The molecule has 1 aliphatic carbocycles. The molecule has 1 aliphatic rings. The van der Waals surface area contributed by atoms with E-state index in [1.54, 1.807) is 36.5 Å². The molecule has 4 rings (SSSR count). The lowest BCUT2D eigenvalue weighted by Crippen LogP contribution is -2.44. The molecule has 148 valence electrons. The molecule has 0 bridgehead atoms. The number of hydrogen-bond donors (Lipinski definition) is 3. The maximum atomic E-state index is 13.4. The van der Waals surface area contributed by atoms with E-state index >= 15 is 0 Å². The second-order valence-corrected chi connectivity index (χ2v) is 6.80. The van der Waals surface area contributed by atoms with Gasteiger partial charge in [0.1, 0.15) is 11.6 Å². The van der Waals surface area contributed by atoms with Crippen LogP contribution in [-0.4, -0.2) is 28.1 Å². The van der Waals surface area contributed by atoms with E-state index in [0.717, 1.165) is 24.1 Å². The van der Waals surface area contributed by atoms with Crippen LogP contribution in [0.15, 0.2) is 54.7 Å². The molecule has 1 atom stereocenters. The third-order valence-electron chi connectivity index (χ3n) is 4.72. The zero-order valence-corrected chi connectivity index (χ0v) is 15.4. The van der Waals surface area contributed by atoms with Gasteiger partial charge in [-0.3, -0.25) is 14.7 Å². The molecule has 3 N–H and O–H groups in total. The van der Waals surface area contributed by atoms with Crippen molar-refractivity contribution in [3.05, 3.63) is 71.8 Å². The summed E-state index contributed by atoms with van der Waals surface area (Å²) < 4.78 is 19.0. The second-order valence-electron chi connectivity index (χ2n) is 6.80. The van der Waals surface area contributed by atoms with E-state index in [0.29, 0.717) is 17.9 Å².